The van der Waals surface area contributed by atoms with E-state index < -0.39 is 47.4 Å². The zero-order valence-electron chi connectivity index (χ0n) is 16.9. The lowest BCUT2D eigenvalue weighted by Crippen LogP contribution is -2.55. The molecule has 0 aliphatic carbocycles. The molecule has 0 saturated carbocycles. The van der Waals surface area contributed by atoms with Crippen molar-refractivity contribution in [1.82, 2.24) is 0 Å². The molecule has 32 heavy (non-hydrogen) atoms. The van der Waals surface area contributed by atoms with Crippen LogP contribution in [0.3, 0.4) is 0 Å². The summed E-state index contributed by atoms with van der Waals surface area (Å²) in [5, 5.41) is 61.1. The van der Waals surface area contributed by atoms with Gasteiger partial charge in [0.15, 0.2) is 5.58 Å². The van der Waals surface area contributed by atoms with Gasteiger partial charge in [-0.05, 0) is 17.7 Å². The number of ether oxygens (including phenoxy) is 2. The van der Waals surface area contributed by atoms with E-state index in [9.17, 15) is 35.4 Å². The van der Waals surface area contributed by atoms with Crippen LogP contribution in [0.25, 0.3) is 22.1 Å². The molecule has 0 radical (unpaired) electrons. The summed E-state index contributed by atoms with van der Waals surface area (Å²) in [5.74, 6) is -1.10. The van der Waals surface area contributed by atoms with Crippen molar-refractivity contribution in [2.45, 2.75) is 30.5 Å². The van der Waals surface area contributed by atoms with E-state index in [0.29, 0.717) is 5.56 Å². The maximum atomic E-state index is 13.2. The number of hydrogen-bond acceptors (Lipinski definition) is 10. The minimum absolute atomic E-state index is 0.00350. The standard InChI is InChI=1S/C22H22O10/c1-30-8-14-18(27)19(28)20(29)22(32-14)16-13(25)6-12(24)15-17(26)11(7-31-21(15)16)9-2-4-10(23)5-3-9/h2-7,14,18-20,22-25,27-29H,8H2,1H3. The summed E-state index contributed by atoms with van der Waals surface area (Å²) in [6.07, 6.45) is -6.11. The molecule has 1 aliphatic heterocycles. The minimum Gasteiger partial charge on any atom is -0.508 e. The van der Waals surface area contributed by atoms with E-state index in [4.69, 9.17) is 13.9 Å². The Hall–Kier alpha value is -3.15. The largest absolute Gasteiger partial charge is 0.508 e. The van der Waals surface area contributed by atoms with Gasteiger partial charge in [0, 0.05) is 13.2 Å². The lowest BCUT2D eigenvalue weighted by atomic mass is 9.89. The molecule has 5 atom stereocenters. The lowest BCUT2D eigenvalue weighted by molar-refractivity contribution is -0.233. The third-order valence-electron chi connectivity index (χ3n) is 5.55. The van der Waals surface area contributed by atoms with Crippen LogP contribution in [-0.2, 0) is 9.47 Å². The SMILES string of the molecule is COCC1OC(c2c(O)cc(O)c3c(=O)c(-c4ccc(O)cc4)coc23)C(O)C(O)C1O. The van der Waals surface area contributed by atoms with Gasteiger partial charge >= 0.3 is 0 Å². The van der Waals surface area contributed by atoms with Gasteiger partial charge in [-0.1, -0.05) is 12.1 Å². The van der Waals surface area contributed by atoms with Crippen molar-refractivity contribution in [3.8, 4) is 28.4 Å². The number of hydrogen-bond donors (Lipinski definition) is 6. The van der Waals surface area contributed by atoms with Crippen LogP contribution in [0, 0.1) is 0 Å². The number of rotatable bonds is 4. The molecule has 5 unspecified atom stereocenters. The average Bonchev–Trinajstić information content (AvgIpc) is 2.76. The molecule has 0 spiro atoms. The van der Waals surface area contributed by atoms with Gasteiger partial charge in [-0.2, -0.15) is 0 Å². The first-order chi connectivity index (χ1) is 15.2. The molecule has 10 nitrogen and oxygen atoms in total. The predicted octanol–water partition coefficient (Wildman–Crippen LogP) is 0.746. The fraction of sp³-hybridized carbons (Fsp3) is 0.318. The highest BCUT2D eigenvalue weighted by Crippen LogP contribution is 2.43. The summed E-state index contributed by atoms with van der Waals surface area (Å²) in [5.41, 5.74) is -0.553. The number of fused-ring (bicyclic) bond motifs is 1. The van der Waals surface area contributed by atoms with Crippen molar-refractivity contribution in [2.24, 2.45) is 0 Å². The molecular weight excluding hydrogens is 424 g/mol. The van der Waals surface area contributed by atoms with Gasteiger partial charge in [0.25, 0.3) is 0 Å². The molecular formula is C22H22O10. The van der Waals surface area contributed by atoms with Crippen molar-refractivity contribution in [1.29, 1.82) is 0 Å². The van der Waals surface area contributed by atoms with E-state index >= 15 is 0 Å². The highest BCUT2D eigenvalue weighted by molar-refractivity contribution is 5.91. The van der Waals surface area contributed by atoms with Crippen molar-refractivity contribution >= 4 is 11.0 Å². The second kappa shape index (κ2) is 8.41. The summed E-state index contributed by atoms with van der Waals surface area (Å²) in [7, 11) is 1.36. The maximum Gasteiger partial charge on any atom is 0.204 e. The van der Waals surface area contributed by atoms with Crippen LogP contribution in [0.4, 0.5) is 0 Å². The van der Waals surface area contributed by atoms with Gasteiger partial charge in [0.1, 0.15) is 59.4 Å². The normalized spacial score (nSPS) is 25.8. The number of methoxy groups -OCH3 is 1. The fourth-order valence-electron chi connectivity index (χ4n) is 3.90. The zero-order valence-corrected chi connectivity index (χ0v) is 16.9. The predicted molar refractivity (Wildman–Crippen MR) is 110 cm³/mol. The van der Waals surface area contributed by atoms with Crippen LogP contribution in [0.1, 0.15) is 11.7 Å². The summed E-state index contributed by atoms with van der Waals surface area (Å²) >= 11 is 0. The molecule has 2 aromatic carbocycles. The summed E-state index contributed by atoms with van der Waals surface area (Å²) in [4.78, 5) is 13.2. The Balaban J connectivity index is 1.90. The van der Waals surface area contributed by atoms with Gasteiger partial charge < -0.3 is 44.5 Å². The van der Waals surface area contributed by atoms with E-state index in [1.54, 1.807) is 0 Å². The summed E-state index contributed by atoms with van der Waals surface area (Å²) < 4.78 is 16.3. The van der Waals surface area contributed by atoms with E-state index in [0.717, 1.165) is 12.3 Å². The Kier molecular flexibility index (Phi) is 5.80. The molecule has 1 aromatic heterocycles. The maximum absolute atomic E-state index is 13.2. The first-order valence-corrected chi connectivity index (χ1v) is 9.73. The van der Waals surface area contributed by atoms with Crippen LogP contribution >= 0.6 is 0 Å². The van der Waals surface area contributed by atoms with Crippen LogP contribution in [0.2, 0.25) is 0 Å². The molecule has 1 fully saturated rings. The van der Waals surface area contributed by atoms with Crippen LogP contribution in [0.5, 0.6) is 17.2 Å². The Labute approximate surface area is 181 Å². The fourth-order valence-corrected chi connectivity index (χ4v) is 3.90. The molecule has 3 aromatic rings. The lowest BCUT2D eigenvalue weighted by Gasteiger charge is -2.40. The van der Waals surface area contributed by atoms with Crippen molar-refractivity contribution in [3.63, 3.8) is 0 Å². The molecule has 0 amide bonds. The van der Waals surface area contributed by atoms with E-state index in [2.05, 4.69) is 0 Å². The van der Waals surface area contributed by atoms with Gasteiger partial charge in [0.05, 0.1) is 17.7 Å². The Morgan fingerprint density at radius 3 is 2.31 bits per heavy atom. The third-order valence-corrected chi connectivity index (χ3v) is 5.55. The smallest absolute Gasteiger partial charge is 0.204 e. The van der Waals surface area contributed by atoms with Crippen LogP contribution < -0.4 is 5.43 Å². The van der Waals surface area contributed by atoms with Gasteiger partial charge in [-0.3, -0.25) is 4.79 Å². The number of phenolic OH excluding ortho intramolecular Hbond substituents is 3. The highest BCUT2D eigenvalue weighted by Gasteiger charge is 2.46. The average molecular weight is 446 g/mol. The van der Waals surface area contributed by atoms with Crippen molar-refractivity contribution < 1.29 is 44.5 Å². The van der Waals surface area contributed by atoms with Gasteiger partial charge in [-0.25, -0.2) is 0 Å². The number of phenols is 3. The number of aliphatic hydroxyl groups excluding tert-OH is 3. The summed E-state index contributed by atoms with van der Waals surface area (Å²) in [6.45, 7) is -0.118. The minimum atomic E-state index is -1.68. The second-order valence-corrected chi connectivity index (χ2v) is 7.58. The molecule has 6 N–H and O–H groups in total. The van der Waals surface area contributed by atoms with E-state index in [1.807, 2.05) is 0 Å². The molecule has 4 rings (SSSR count). The number of aliphatic hydroxyl groups is 3. The van der Waals surface area contributed by atoms with Gasteiger partial charge in [0.2, 0.25) is 5.43 Å². The third kappa shape index (κ3) is 3.57. The highest BCUT2D eigenvalue weighted by atomic mass is 16.6. The molecule has 0 bridgehead atoms. The monoisotopic (exact) mass is 446 g/mol. The number of aromatic hydroxyl groups is 3. The molecule has 10 heteroatoms. The van der Waals surface area contributed by atoms with E-state index in [-0.39, 0.29) is 34.5 Å². The Morgan fingerprint density at radius 1 is 0.969 bits per heavy atom. The Morgan fingerprint density at radius 2 is 1.66 bits per heavy atom. The Bertz CT molecular complexity index is 1190. The molecule has 1 aliphatic rings. The quantitative estimate of drug-likeness (QED) is 0.336. The topological polar surface area (TPSA) is 170 Å². The van der Waals surface area contributed by atoms with Gasteiger partial charge in [-0.15, -0.1) is 0 Å². The summed E-state index contributed by atoms with van der Waals surface area (Å²) in [6, 6.07) is 6.67. The van der Waals surface area contributed by atoms with Crippen molar-refractivity contribution in [2.75, 3.05) is 13.7 Å². The van der Waals surface area contributed by atoms with Crippen LogP contribution in [-0.4, -0.2) is 68.8 Å². The van der Waals surface area contributed by atoms with E-state index in [1.165, 1.54) is 31.4 Å². The second-order valence-electron chi connectivity index (χ2n) is 7.58. The first-order valence-electron chi connectivity index (χ1n) is 9.73. The molecule has 170 valence electrons. The molecule has 1 saturated heterocycles. The van der Waals surface area contributed by atoms with Crippen molar-refractivity contribution in [3.05, 3.63) is 52.4 Å². The van der Waals surface area contributed by atoms with Crippen LogP contribution in [0.15, 0.2) is 45.8 Å². The first kappa shape index (κ1) is 22.1. The number of benzene rings is 2. The molecule has 2 heterocycles. The zero-order chi connectivity index (χ0) is 23.2.